The molecule has 0 aliphatic carbocycles. The molecule has 1 atom stereocenters. The molecule has 0 heterocycles. The highest BCUT2D eigenvalue weighted by Gasteiger charge is 1.98. The van der Waals surface area contributed by atoms with Crippen molar-refractivity contribution in [3.8, 4) is 11.8 Å². The molecule has 0 fully saturated rings. The highest BCUT2D eigenvalue weighted by atomic mass is 16.3. The van der Waals surface area contributed by atoms with E-state index in [2.05, 4.69) is 18.8 Å². The highest BCUT2D eigenvalue weighted by Crippen LogP contribution is 1.99. The number of unbranched alkanes of at least 4 members (excludes halogenated alkanes) is 3. The van der Waals surface area contributed by atoms with Crippen molar-refractivity contribution in [2.45, 2.75) is 51.6 Å². The predicted octanol–water partition coefficient (Wildman–Crippen LogP) is 1.70. The van der Waals surface area contributed by atoms with Gasteiger partial charge in [0.05, 0.1) is 12.7 Å². The van der Waals surface area contributed by atoms with Crippen LogP contribution in [-0.4, -0.2) is 22.9 Å². The van der Waals surface area contributed by atoms with Crippen molar-refractivity contribution < 1.29 is 10.2 Å². The van der Waals surface area contributed by atoms with Crippen molar-refractivity contribution in [2.75, 3.05) is 6.61 Å². The first-order valence-electron chi connectivity index (χ1n) is 5.06. The van der Waals surface area contributed by atoms with Gasteiger partial charge >= 0.3 is 0 Å². The summed E-state index contributed by atoms with van der Waals surface area (Å²) in [4.78, 5) is 0. The van der Waals surface area contributed by atoms with Crippen LogP contribution in [0.3, 0.4) is 0 Å². The summed E-state index contributed by atoms with van der Waals surface area (Å²) in [6.45, 7) is 2.02. The number of aliphatic hydroxyl groups is 2. The summed E-state index contributed by atoms with van der Waals surface area (Å²) < 4.78 is 0. The van der Waals surface area contributed by atoms with Gasteiger partial charge in [0.15, 0.2) is 0 Å². The maximum absolute atomic E-state index is 9.00. The van der Waals surface area contributed by atoms with Crippen molar-refractivity contribution in [3.05, 3.63) is 0 Å². The molecule has 0 aromatic rings. The molecule has 0 radical (unpaired) electrons. The van der Waals surface area contributed by atoms with Gasteiger partial charge in [0.25, 0.3) is 0 Å². The average Bonchev–Trinajstić information content (AvgIpc) is 2.16. The van der Waals surface area contributed by atoms with Gasteiger partial charge in [-0.05, 0) is 19.3 Å². The molecule has 2 N–H and O–H groups in total. The van der Waals surface area contributed by atoms with Crippen LogP contribution in [0.1, 0.15) is 45.4 Å². The normalized spacial score (nSPS) is 11.9. The van der Waals surface area contributed by atoms with Crippen LogP contribution in [0, 0.1) is 11.8 Å². The van der Waals surface area contributed by atoms with Crippen molar-refractivity contribution in [1.29, 1.82) is 0 Å². The van der Waals surface area contributed by atoms with E-state index in [0.29, 0.717) is 6.42 Å². The van der Waals surface area contributed by atoms with Gasteiger partial charge in [-0.25, -0.2) is 0 Å². The molecule has 2 heteroatoms. The Kier molecular flexibility index (Phi) is 9.18. The second-order valence-corrected chi connectivity index (χ2v) is 3.19. The summed E-state index contributed by atoms with van der Waals surface area (Å²) in [6, 6.07) is 0. The Morgan fingerprint density at radius 1 is 1.15 bits per heavy atom. The van der Waals surface area contributed by atoms with Gasteiger partial charge < -0.3 is 10.2 Å². The summed E-state index contributed by atoms with van der Waals surface area (Å²) in [6.07, 6.45) is 5.15. The van der Waals surface area contributed by atoms with Gasteiger partial charge in [0, 0.05) is 12.8 Å². The van der Waals surface area contributed by atoms with E-state index in [1.807, 2.05) is 0 Å². The first kappa shape index (κ1) is 12.5. The Morgan fingerprint density at radius 3 is 2.31 bits per heavy atom. The van der Waals surface area contributed by atoms with Crippen LogP contribution in [0.2, 0.25) is 0 Å². The molecule has 0 aromatic carbocycles. The second kappa shape index (κ2) is 9.57. The summed E-state index contributed by atoms with van der Waals surface area (Å²) >= 11 is 0. The van der Waals surface area contributed by atoms with Gasteiger partial charge in [-0.2, -0.15) is 0 Å². The zero-order chi connectivity index (χ0) is 9.94. The third-order valence-corrected chi connectivity index (χ3v) is 1.83. The third-order valence-electron chi connectivity index (χ3n) is 1.83. The van der Waals surface area contributed by atoms with E-state index in [-0.39, 0.29) is 6.61 Å². The van der Waals surface area contributed by atoms with E-state index >= 15 is 0 Å². The van der Waals surface area contributed by atoms with E-state index in [9.17, 15) is 0 Å². The lowest BCUT2D eigenvalue weighted by Crippen LogP contribution is -2.10. The molecule has 0 amide bonds. The quantitative estimate of drug-likeness (QED) is 0.487. The third kappa shape index (κ3) is 9.39. The Hall–Kier alpha value is -0.520. The fraction of sp³-hybridized carbons (Fsp3) is 0.818. The zero-order valence-electron chi connectivity index (χ0n) is 8.42. The van der Waals surface area contributed by atoms with E-state index in [1.54, 1.807) is 0 Å². The van der Waals surface area contributed by atoms with Crippen molar-refractivity contribution in [1.82, 2.24) is 0 Å². The minimum absolute atomic E-state index is 0.136. The lowest BCUT2D eigenvalue weighted by atomic mass is 10.1. The summed E-state index contributed by atoms with van der Waals surface area (Å²) in [5.74, 6) is 6.14. The molecule has 0 rings (SSSR count). The molecular formula is C11H20O2. The average molecular weight is 184 g/mol. The van der Waals surface area contributed by atoms with Crippen LogP contribution < -0.4 is 0 Å². The first-order valence-corrected chi connectivity index (χ1v) is 5.06. The molecular weight excluding hydrogens is 164 g/mol. The molecule has 2 nitrogen and oxygen atoms in total. The Labute approximate surface area is 81.0 Å². The van der Waals surface area contributed by atoms with Gasteiger partial charge in [-0.15, -0.1) is 11.8 Å². The largest absolute Gasteiger partial charge is 0.394 e. The molecule has 0 spiro atoms. The number of hydrogen-bond acceptors (Lipinski definition) is 2. The summed E-state index contributed by atoms with van der Waals surface area (Å²) in [5.41, 5.74) is 0. The van der Waals surface area contributed by atoms with Crippen LogP contribution in [0.25, 0.3) is 0 Å². The summed E-state index contributed by atoms with van der Waals surface area (Å²) in [7, 11) is 0. The number of aliphatic hydroxyl groups excluding tert-OH is 2. The van der Waals surface area contributed by atoms with Crippen molar-refractivity contribution >= 4 is 0 Å². The second-order valence-electron chi connectivity index (χ2n) is 3.19. The van der Waals surface area contributed by atoms with Gasteiger partial charge in [0.2, 0.25) is 0 Å². The standard InChI is InChI=1S/C11H20O2/c1-2-3-4-5-6-7-8-9-11(13)10-12/h11-13H,2-4,7-10H2,1H3/t11-/m1/s1. The van der Waals surface area contributed by atoms with Gasteiger partial charge in [0.1, 0.15) is 0 Å². The maximum atomic E-state index is 9.00. The minimum atomic E-state index is -0.558. The SMILES string of the molecule is CCCCC#CCCC[C@@H](O)CO. The zero-order valence-corrected chi connectivity index (χ0v) is 8.42. The monoisotopic (exact) mass is 184 g/mol. The van der Waals surface area contributed by atoms with E-state index in [4.69, 9.17) is 10.2 Å². The molecule has 76 valence electrons. The van der Waals surface area contributed by atoms with Crippen LogP contribution in [-0.2, 0) is 0 Å². The molecule has 0 aromatic heterocycles. The fourth-order valence-corrected chi connectivity index (χ4v) is 0.959. The molecule has 0 saturated carbocycles. The summed E-state index contributed by atoms with van der Waals surface area (Å²) in [5, 5.41) is 17.5. The van der Waals surface area contributed by atoms with Crippen LogP contribution in [0.5, 0.6) is 0 Å². The first-order chi connectivity index (χ1) is 6.31. The van der Waals surface area contributed by atoms with Crippen LogP contribution in [0.15, 0.2) is 0 Å². The van der Waals surface area contributed by atoms with E-state index in [0.717, 1.165) is 19.3 Å². The molecule has 0 aliphatic heterocycles. The highest BCUT2D eigenvalue weighted by molar-refractivity contribution is 4.98. The van der Waals surface area contributed by atoms with Crippen molar-refractivity contribution in [3.63, 3.8) is 0 Å². The van der Waals surface area contributed by atoms with Gasteiger partial charge in [-0.1, -0.05) is 13.3 Å². The number of hydrogen-bond donors (Lipinski definition) is 2. The Morgan fingerprint density at radius 2 is 1.77 bits per heavy atom. The molecule has 0 saturated heterocycles. The van der Waals surface area contributed by atoms with E-state index in [1.165, 1.54) is 12.8 Å². The molecule has 0 unspecified atom stereocenters. The minimum Gasteiger partial charge on any atom is -0.394 e. The van der Waals surface area contributed by atoms with Crippen LogP contribution >= 0.6 is 0 Å². The molecule has 0 aliphatic rings. The van der Waals surface area contributed by atoms with E-state index < -0.39 is 6.10 Å². The smallest absolute Gasteiger partial charge is 0.0771 e. The molecule has 13 heavy (non-hydrogen) atoms. The maximum Gasteiger partial charge on any atom is 0.0771 e. The fourth-order valence-electron chi connectivity index (χ4n) is 0.959. The van der Waals surface area contributed by atoms with Gasteiger partial charge in [-0.3, -0.25) is 0 Å². The number of rotatable bonds is 6. The van der Waals surface area contributed by atoms with Crippen LogP contribution in [0.4, 0.5) is 0 Å². The molecule has 0 bridgehead atoms. The Bertz CT molecular complexity index is 155. The predicted molar refractivity (Wildman–Crippen MR) is 54.2 cm³/mol. The van der Waals surface area contributed by atoms with Crippen molar-refractivity contribution in [2.24, 2.45) is 0 Å². The lowest BCUT2D eigenvalue weighted by molar-refractivity contribution is 0.0870. The Balaban J connectivity index is 3.17. The topological polar surface area (TPSA) is 40.5 Å². The lowest BCUT2D eigenvalue weighted by Gasteiger charge is -2.03.